The number of nitrogens with two attached hydrogens (primary N) is 1. The first-order chi connectivity index (χ1) is 10.2. The molecule has 21 heavy (non-hydrogen) atoms. The van der Waals surface area contributed by atoms with Crippen molar-refractivity contribution in [3.8, 4) is 5.75 Å². The molecule has 0 spiro atoms. The lowest BCUT2D eigenvalue weighted by Gasteiger charge is -2.00. The summed E-state index contributed by atoms with van der Waals surface area (Å²) in [7, 11) is 0. The standard InChI is InChI=1S/C16H17N3OS/c1-2-20-13-7-8-14-15(9-13)19-16(18-14)21-10-11-3-5-12(17)6-4-11/h3-9H,2,10,17H2,1H3,(H,18,19). The van der Waals surface area contributed by atoms with E-state index in [1.54, 1.807) is 11.8 Å². The first kappa shape index (κ1) is 13.8. The fraction of sp³-hybridized carbons (Fsp3) is 0.188. The Kier molecular flexibility index (Phi) is 4.01. The van der Waals surface area contributed by atoms with Crippen LogP contribution in [0.25, 0.3) is 11.0 Å². The molecule has 0 aliphatic rings. The minimum Gasteiger partial charge on any atom is -0.494 e. The quantitative estimate of drug-likeness (QED) is 0.555. The summed E-state index contributed by atoms with van der Waals surface area (Å²) < 4.78 is 5.50. The van der Waals surface area contributed by atoms with E-state index in [2.05, 4.69) is 9.97 Å². The van der Waals surface area contributed by atoms with Crippen molar-refractivity contribution in [3.63, 3.8) is 0 Å². The number of hydrogen-bond donors (Lipinski definition) is 2. The topological polar surface area (TPSA) is 63.9 Å². The Morgan fingerprint density at radius 2 is 2.00 bits per heavy atom. The summed E-state index contributed by atoms with van der Waals surface area (Å²) in [6.45, 7) is 2.64. The molecular formula is C16H17N3OS. The number of aromatic nitrogens is 2. The number of H-pyrrole nitrogens is 1. The van der Waals surface area contributed by atoms with Crippen molar-refractivity contribution in [1.29, 1.82) is 0 Å². The van der Waals surface area contributed by atoms with Gasteiger partial charge in [0.05, 0.1) is 17.6 Å². The maximum absolute atomic E-state index is 5.69. The second-order valence-corrected chi connectivity index (χ2v) is 5.65. The molecule has 0 saturated carbocycles. The Balaban J connectivity index is 1.73. The van der Waals surface area contributed by atoms with E-state index < -0.39 is 0 Å². The molecule has 5 heteroatoms. The van der Waals surface area contributed by atoms with Gasteiger partial charge in [-0.15, -0.1) is 0 Å². The monoisotopic (exact) mass is 299 g/mol. The molecule has 3 N–H and O–H groups in total. The minimum atomic E-state index is 0.665. The highest BCUT2D eigenvalue weighted by atomic mass is 32.2. The van der Waals surface area contributed by atoms with Gasteiger partial charge in [-0.2, -0.15) is 0 Å². The Hall–Kier alpha value is -2.14. The number of aromatic amines is 1. The zero-order chi connectivity index (χ0) is 14.7. The van der Waals surface area contributed by atoms with Crippen molar-refractivity contribution in [1.82, 2.24) is 9.97 Å². The van der Waals surface area contributed by atoms with Crippen LogP contribution in [0.4, 0.5) is 5.69 Å². The molecule has 4 nitrogen and oxygen atoms in total. The van der Waals surface area contributed by atoms with Gasteiger partial charge < -0.3 is 15.5 Å². The predicted molar refractivity (Wildman–Crippen MR) is 87.7 cm³/mol. The highest BCUT2D eigenvalue weighted by Crippen LogP contribution is 2.25. The molecule has 108 valence electrons. The third-order valence-electron chi connectivity index (χ3n) is 3.10. The van der Waals surface area contributed by atoms with Gasteiger partial charge in [0.1, 0.15) is 5.75 Å². The second kappa shape index (κ2) is 6.10. The number of nitrogens with one attached hydrogen (secondary N) is 1. The van der Waals surface area contributed by atoms with Gasteiger partial charge in [-0.25, -0.2) is 4.98 Å². The highest BCUT2D eigenvalue weighted by Gasteiger charge is 2.05. The van der Waals surface area contributed by atoms with Gasteiger partial charge >= 0.3 is 0 Å². The van der Waals surface area contributed by atoms with Crippen molar-refractivity contribution < 1.29 is 4.74 Å². The summed E-state index contributed by atoms with van der Waals surface area (Å²) in [4.78, 5) is 7.90. The van der Waals surface area contributed by atoms with Gasteiger partial charge in [0.15, 0.2) is 5.16 Å². The zero-order valence-electron chi connectivity index (χ0n) is 11.8. The van der Waals surface area contributed by atoms with Crippen LogP contribution >= 0.6 is 11.8 Å². The van der Waals surface area contributed by atoms with Crippen LogP contribution in [0.2, 0.25) is 0 Å². The normalized spacial score (nSPS) is 10.9. The minimum absolute atomic E-state index is 0.665. The molecule has 0 aliphatic carbocycles. The van der Waals surface area contributed by atoms with Gasteiger partial charge in [0.2, 0.25) is 0 Å². The van der Waals surface area contributed by atoms with Crippen LogP contribution in [-0.2, 0) is 5.75 Å². The van der Waals surface area contributed by atoms with E-state index in [9.17, 15) is 0 Å². The lowest BCUT2D eigenvalue weighted by Crippen LogP contribution is -1.90. The largest absolute Gasteiger partial charge is 0.494 e. The van der Waals surface area contributed by atoms with Crippen molar-refractivity contribution in [2.75, 3.05) is 12.3 Å². The molecule has 0 fully saturated rings. The zero-order valence-corrected chi connectivity index (χ0v) is 12.6. The molecule has 1 heterocycles. The van der Waals surface area contributed by atoms with Crippen molar-refractivity contribution in [2.45, 2.75) is 17.8 Å². The van der Waals surface area contributed by atoms with E-state index in [-0.39, 0.29) is 0 Å². The number of ether oxygens (including phenoxy) is 1. The summed E-state index contributed by atoms with van der Waals surface area (Å²) in [5, 5.41) is 0.912. The summed E-state index contributed by atoms with van der Waals surface area (Å²) in [6, 6.07) is 13.8. The number of fused-ring (bicyclic) bond motifs is 1. The molecule has 3 rings (SSSR count). The summed E-state index contributed by atoms with van der Waals surface area (Å²) >= 11 is 1.68. The Morgan fingerprint density at radius 3 is 2.76 bits per heavy atom. The molecule has 1 aromatic heterocycles. The lowest BCUT2D eigenvalue weighted by molar-refractivity contribution is 0.340. The van der Waals surface area contributed by atoms with Crippen LogP contribution < -0.4 is 10.5 Å². The number of imidazole rings is 1. The van der Waals surface area contributed by atoms with E-state index in [1.807, 2.05) is 49.4 Å². The molecule has 3 aromatic rings. The predicted octanol–water partition coefficient (Wildman–Crippen LogP) is 3.84. The lowest BCUT2D eigenvalue weighted by atomic mass is 10.2. The number of nitrogen functional groups attached to an aromatic ring is 1. The molecule has 0 unspecified atom stereocenters. The van der Waals surface area contributed by atoms with Crippen LogP contribution in [0.3, 0.4) is 0 Å². The van der Waals surface area contributed by atoms with Gasteiger partial charge in [-0.3, -0.25) is 0 Å². The number of benzene rings is 2. The van der Waals surface area contributed by atoms with E-state index in [0.29, 0.717) is 6.61 Å². The maximum Gasteiger partial charge on any atom is 0.166 e. The van der Waals surface area contributed by atoms with Crippen LogP contribution in [0.5, 0.6) is 5.75 Å². The molecule has 0 radical (unpaired) electrons. The molecule has 0 amide bonds. The molecule has 2 aromatic carbocycles. The highest BCUT2D eigenvalue weighted by molar-refractivity contribution is 7.98. The first-order valence-corrected chi connectivity index (χ1v) is 7.83. The molecule has 0 aliphatic heterocycles. The fourth-order valence-corrected chi connectivity index (χ4v) is 2.90. The number of hydrogen-bond acceptors (Lipinski definition) is 4. The van der Waals surface area contributed by atoms with E-state index in [4.69, 9.17) is 10.5 Å². The van der Waals surface area contributed by atoms with Gasteiger partial charge in [-0.05, 0) is 36.8 Å². The SMILES string of the molecule is CCOc1ccc2nc(SCc3ccc(N)cc3)[nH]c2c1. The van der Waals surface area contributed by atoms with Crippen LogP contribution in [0.1, 0.15) is 12.5 Å². The summed E-state index contributed by atoms with van der Waals surface area (Å²) in [6.07, 6.45) is 0. The van der Waals surface area contributed by atoms with Crippen LogP contribution in [0.15, 0.2) is 47.6 Å². The fourth-order valence-electron chi connectivity index (χ4n) is 2.06. The molecular weight excluding hydrogens is 282 g/mol. The Morgan fingerprint density at radius 1 is 1.19 bits per heavy atom. The van der Waals surface area contributed by atoms with Crippen LogP contribution in [0, 0.1) is 0 Å². The summed E-state index contributed by atoms with van der Waals surface area (Å²) in [5.74, 6) is 1.72. The molecule has 0 saturated heterocycles. The van der Waals surface area contributed by atoms with Crippen LogP contribution in [-0.4, -0.2) is 16.6 Å². The average Bonchev–Trinajstić information content (AvgIpc) is 2.89. The Bertz CT molecular complexity index is 737. The maximum atomic E-state index is 5.69. The van der Waals surface area contributed by atoms with E-state index in [1.165, 1.54) is 5.56 Å². The third kappa shape index (κ3) is 3.31. The first-order valence-electron chi connectivity index (χ1n) is 6.84. The molecule has 0 atom stereocenters. The van der Waals surface area contributed by atoms with Crippen molar-refractivity contribution in [2.24, 2.45) is 0 Å². The number of rotatable bonds is 5. The average molecular weight is 299 g/mol. The van der Waals surface area contributed by atoms with Gasteiger partial charge in [-0.1, -0.05) is 23.9 Å². The second-order valence-electron chi connectivity index (χ2n) is 4.68. The van der Waals surface area contributed by atoms with E-state index in [0.717, 1.165) is 33.4 Å². The third-order valence-corrected chi connectivity index (χ3v) is 4.04. The Labute approximate surface area is 127 Å². The van der Waals surface area contributed by atoms with E-state index >= 15 is 0 Å². The van der Waals surface area contributed by atoms with Crippen molar-refractivity contribution in [3.05, 3.63) is 48.0 Å². The molecule has 0 bridgehead atoms. The van der Waals surface area contributed by atoms with Crippen molar-refractivity contribution >= 4 is 28.5 Å². The van der Waals surface area contributed by atoms with Gasteiger partial charge in [0.25, 0.3) is 0 Å². The number of nitrogens with zero attached hydrogens (tertiary/aromatic N) is 1. The van der Waals surface area contributed by atoms with Gasteiger partial charge in [0, 0.05) is 17.5 Å². The summed E-state index contributed by atoms with van der Waals surface area (Å²) in [5.41, 5.74) is 9.66. The number of thioether (sulfide) groups is 1. The smallest absolute Gasteiger partial charge is 0.166 e. The number of anilines is 1.